The molecular formula is C13H11F3N4S. The number of hydrogen-bond donors (Lipinski definition) is 2. The zero-order valence-electron chi connectivity index (χ0n) is 10.7. The van der Waals surface area contributed by atoms with Gasteiger partial charge in [-0.2, -0.15) is 13.2 Å². The zero-order valence-corrected chi connectivity index (χ0v) is 11.5. The van der Waals surface area contributed by atoms with Crippen molar-refractivity contribution in [1.82, 2.24) is 9.97 Å². The van der Waals surface area contributed by atoms with Gasteiger partial charge < -0.3 is 11.1 Å². The van der Waals surface area contributed by atoms with Gasteiger partial charge in [0.25, 0.3) is 0 Å². The molecule has 0 atom stereocenters. The fourth-order valence-electron chi connectivity index (χ4n) is 1.64. The summed E-state index contributed by atoms with van der Waals surface area (Å²) in [7, 11) is 0. The fourth-order valence-corrected chi connectivity index (χ4v) is 1.80. The second-order valence-corrected chi connectivity index (χ2v) is 4.61. The van der Waals surface area contributed by atoms with Crippen LogP contribution >= 0.6 is 12.2 Å². The van der Waals surface area contributed by atoms with Crippen LogP contribution in [0.3, 0.4) is 0 Å². The lowest BCUT2D eigenvalue weighted by Crippen LogP contribution is -2.17. The van der Waals surface area contributed by atoms with Gasteiger partial charge in [-0.3, -0.25) is 4.98 Å². The minimum atomic E-state index is -4.53. The third-order valence-electron chi connectivity index (χ3n) is 2.63. The van der Waals surface area contributed by atoms with Crippen LogP contribution in [0.25, 0.3) is 0 Å². The zero-order chi connectivity index (χ0) is 15.5. The molecular weight excluding hydrogens is 301 g/mol. The molecule has 0 saturated carbocycles. The Balaban J connectivity index is 2.29. The normalized spacial score (nSPS) is 11.2. The number of aromatic nitrogens is 2. The maximum Gasteiger partial charge on any atom is 0.433 e. The largest absolute Gasteiger partial charge is 0.433 e. The number of halogens is 3. The summed E-state index contributed by atoms with van der Waals surface area (Å²) in [4.78, 5) is 7.45. The van der Waals surface area contributed by atoms with Gasteiger partial charge in [0.1, 0.15) is 16.5 Å². The smallest absolute Gasteiger partial charge is 0.389 e. The Hall–Kier alpha value is -2.22. The lowest BCUT2D eigenvalue weighted by atomic mass is 10.2. The summed E-state index contributed by atoms with van der Waals surface area (Å²) < 4.78 is 38.1. The summed E-state index contributed by atoms with van der Waals surface area (Å²) in [5.74, 6) is 0.00109. The molecule has 2 aromatic rings. The van der Waals surface area contributed by atoms with Gasteiger partial charge in [-0.05, 0) is 23.8 Å². The molecule has 110 valence electrons. The Morgan fingerprint density at radius 2 is 2.05 bits per heavy atom. The van der Waals surface area contributed by atoms with E-state index in [0.717, 1.165) is 11.6 Å². The molecule has 0 amide bonds. The van der Waals surface area contributed by atoms with Crippen LogP contribution in [0.1, 0.15) is 16.8 Å². The van der Waals surface area contributed by atoms with Gasteiger partial charge in [-0.15, -0.1) is 0 Å². The highest BCUT2D eigenvalue weighted by molar-refractivity contribution is 7.80. The molecule has 8 heteroatoms. The van der Waals surface area contributed by atoms with Crippen molar-refractivity contribution in [2.45, 2.75) is 12.7 Å². The standard InChI is InChI=1S/C13H11F3N4S/c14-13(15,16)10-4-3-9(11(17)21)12(20-10)19-7-8-2-1-5-18-6-8/h1-6H,7H2,(H2,17,21)(H,19,20). The highest BCUT2D eigenvalue weighted by Gasteiger charge is 2.33. The summed E-state index contributed by atoms with van der Waals surface area (Å²) in [5.41, 5.74) is 5.56. The molecule has 0 aliphatic rings. The molecule has 2 rings (SSSR count). The van der Waals surface area contributed by atoms with Crippen LogP contribution in [0.2, 0.25) is 0 Å². The fraction of sp³-hybridized carbons (Fsp3) is 0.154. The Morgan fingerprint density at radius 3 is 2.62 bits per heavy atom. The molecule has 0 bridgehead atoms. The summed E-state index contributed by atoms with van der Waals surface area (Å²) in [6.45, 7) is 0.262. The Morgan fingerprint density at radius 1 is 1.29 bits per heavy atom. The predicted octanol–water partition coefficient (Wildman–Crippen LogP) is 2.74. The molecule has 0 aliphatic heterocycles. The molecule has 0 saturated heterocycles. The van der Waals surface area contributed by atoms with E-state index in [4.69, 9.17) is 18.0 Å². The van der Waals surface area contributed by atoms with Crippen LogP contribution in [-0.4, -0.2) is 15.0 Å². The average molecular weight is 312 g/mol. The van der Waals surface area contributed by atoms with Gasteiger partial charge in [-0.25, -0.2) is 4.98 Å². The molecule has 0 fully saturated rings. The van der Waals surface area contributed by atoms with Crippen molar-refractivity contribution in [3.63, 3.8) is 0 Å². The number of hydrogen-bond acceptors (Lipinski definition) is 4. The van der Waals surface area contributed by atoms with Gasteiger partial charge in [0.05, 0.1) is 5.56 Å². The molecule has 4 nitrogen and oxygen atoms in total. The third kappa shape index (κ3) is 3.88. The number of nitrogens with one attached hydrogen (secondary N) is 1. The monoisotopic (exact) mass is 312 g/mol. The summed E-state index contributed by atoms with van der Waals surface area (Å²) in [6.07, 6.45) is -1.33. The first-order valence-electron chi connectivity index (χ1n) is 5.89. The van der Waals surface area contributed by atoms with E-state index in [1.165, 1.54) is 6.07 Å². The number of thiocarbonyl (C=S) groups is 1. The van der Waals surface area contributed by atoms with Gasteiger partial charge in [-0.1, -0.05) is 18.3 Å². The number of alkyl halides is 3. The highest BCUT2D eigenvalue weighted by Crippen LogP contribution is 2.29. The Labute approximate surface area is 124 Å². The van der Waals surface area contributed by atoms with E-state index in [-0.39, 0.29) is 22.9 Å². The quantitative estimate of drug-likeness (QED) is 0.850. The summed E-state index contributed by atoms with van der Waals surface area (Å²) >= 11 is 4.82. The molecule has 2 aromatic heterocycles. The van der Waals surface area contributed by atoms with Crippen LogP contribution in [-0.2, 0) is 12.7 Å². The van der Waals surface area contributed by atoms with E-state index in [1.54, 1.807) is 24.5 Å². The van der Waals surface area contributed by atoms with Gasteiger partial charge >= 0.3 is 6.18 Å². The first kappa shape index (κ1) is 15.2. The van der Waals surface area contributed by atoms with Crippen molar-refractivity contribution in [2.75, 3.05) is 5.32 Å². The van der Waals surface area contributed by atoms with Crippen LogP contribution in [0.5, 0.6) is 0 Å². The molecule has 0 spiro atoms. The van der Waals surface area contributed by atoms with Crippen molar-refractivity contribution in [3.05, 3.63) is 53.5 Å². The summed E-state index contributed by atoms with van der Waals surface area (Å²) in [6, 6.07) is 5.58. The maximum atomic E-state index is 12.7. The number of nitrogens with zero attached hydrogens (tertiary/aromatic N) is 2. The first-order chi connectivity index (χ1) is 9.88. The molecule has 3 N–H and O–H groups in total. The van der Waals surface area contributed by atoms with E-state index in [2.05, 4.69) is 15.3 Å². The van der Waals surface area contributed by atoms with Gasteiger partial charge in [0.2, 0.25) is 0 Å². The molecule has 21 heavy (non-hydrogen) atoms. The third-order valence-corrected chi connectivity index (χ3v) is 2.85. The van der Waals surface area contributed by atoms with Crippen molar-refractivity contribution < 1.29 is 13.2 Å². The number of pyridine rings is 2. The Kier molecular flexibility index (Phi) is 4.37. The average Bonchev–Trinajstić information content (AvgIpc) is 2.45. The van der Waals surface area contributed by atoms with Crippen molar-refractivity contribution >= 4 is 23.0 Å². The van der Waals surface area contributed by atoms with Crippen molar-refractivity contribution in [2.24, 2.45) is 5.73 Å². The second-order valence-electron chi connectivity index (χ2n) is 4.17. The minimum Gasteiger partial charge on any atom is -0.389 e. The van der Waals surface area contributed by atoms with E-state index < -0.39 is 11.9 Å². The minimum absolute atomic E-state index is 0.00109. The number of nitrogens with two attached hydrogens (primary N) is 1. The van der Waals surface area contributed by atoms with Crippen LogP contribution < -0.4 is 11.1 Å². The lowest BCUT2D eigenvalue weighted by Gasteiger charge is -2.13. The molecule has 2 heterocycles. The van der Waals surface area contributed by atoms with E-state index >= 15 is 0 Å². The highest BCUT2D eigenvalue weighted by atomic mass is 32.1. The predicted molar refractivity (Wildman–Crippen MR) is 76.7 cm³/mol. The van der Waals surface area contributed by atoms with E-state index in [0.29, 0.717) is 0 Å². The number of rotatable bonds is 4. The number of anilines is 1. The van der Waals surface area contributed by atoms with Gasteiger partial charge in [0.15, 0.2) is 0 Å². The van der Waals surface area contributed by atoms with E-state index in [1.807, 2.05) is 0 Å². The van der Waals surface area contributed by atoms with Crippen LogP contribution in [0.4, 0.5) is 19.0 Å². The van der Waals surface area contributed by atoms with Crippen LogP contribution in [0.15, 0.2) is 36.7 Å². The lowest BCUT2D eigenvalue weighted by molar-refractivity contribution is -0.141. The van der Waals surface area contributed by atoms with Crippen LogP contribution in [0, 0.1) is 0 Å². The van der Waals surface area contributed by atoms with Crippen molar-refractivity contribution in [1.29, 1.82) is 0 Å². The molecule has 0 radical (unpaired) electrons. The maximum absolute atomic E-state index is 12.7. The SMILES string of the molecule is NC(=S)c1ccc(C(F)(F)F)nc1NCc1cccnc1. The van der Waals surface area contributed by atoms with E-state index in [9.17, 15) is 13.2 Å². The summed E-state index contributed by atoms with van der Waals surface area (Å²) in [5, 5.41) is 2.80. The van der Waals surface area contributed by atoms with Crippen molar-refractivity contribution in [3.8, 4) is 0 Å². The van der Waals surface area contributed by atoms with Gasteiger partial charge in [0, 0.05) is 18.9 Å². The molecule has 0 aliphatic carbocycles. The Bertz CT molecular complexity index is 644. The topological polar surface area (TPSA) is 63.8 Å². The first-order valence-corrected chi connectivity index (χ1v) is 6.29. The molecule has 0 aromatic carbocycles. The molecule has 0 unspecified atom stereocenters. The second kappa shape index (κ2) is 6.04.